The predicted octanol–water partition coefficient (Wildman–Crippen LogP) is 2.08. The Kier molecular flexibility index (Phi) is 6.61. The molecule has 3 rings (SSSR count). The molecule has 2 N–H and O–H groups in total. The van der Waals surface area contributed by atoms with Gasteiger partial charge in [-0.3, -0.25) is 14.5 Å². The fourth-order valence-corrected chi connectivity index (χ4v) is 4.00. The van der Waals surface area contributed by atoms with Gasteiger partial charge in [0.25, 0.3) is 5.91 Å². The molecule has 2 atom stereocenters. The number of hydrogen-bond acceptors (Lipinski definition) is 5. The van der Waals surface area contributed by atoms with Gasteiger partial charge in [-0.15, -0.1) is 0 Å². The average molecular weight is 403 g/mol. The first-order valence-corrected chi connectivity index (χ1v) is 10.2. The lowest BCUT2D eigenvalue weighted by atomic mass is 9.73. The molecule has 4 amide bonds. The van der Waals surface area contributed by atoms with Gasteiger partial charge < -0.3 is 20.1 Å². The first-order valence-electron chi connectivity index (χ1n) is 10.2. The van der Waals surface area contributed by atoms with Crippen LogP contribution in [0.15, 0.2) is 24.3 Å². The quantitative estimate of drug-likeness (QED) is 0.512. The molecule has 29 heavy (non-hydrogen) atoms. The summed E-state index contributed by atoms with van der Waals surface area (Å²) in [5.41, 5.74) is -0.841. The van der Waals surface area contributed by atoms with Crippen LogP contribution in [-0.2, 0) is 9.59 Å². The Balaban J connectivity index is 1.43. The van der Waals surface area contributed by atoms with Crippen LogP contribution in [0, 0.1) is 5.92 Å². The first kappa shape index (κ1) is 21.0. The summed E-state index contributed by atoms with van der Waals surface area (Å²) < 4.78 is 10.9. The lowest BCUT2D eigenvalue weighted by Crippen LogP contribution is -2.54. The van der Waals surface area contributed by atoms with E-state index in [1.165, 1.54) is 0 Å². The number of ether oxygens (including phenoxy) is 2. The van der Waals surface area contributed by atoms with Crippen molar-refractivity contribution in [1.29, 1.82) is 0 Å². The summed E-state index contributed by atoms with van der Waals surface area (Å²) in [7, 11) is 0. The van der Waals surface area contributed by atoms with Crippen LogP contribution in [0.2, 0.25) is 0 Å². The van der Waals surface area contributed by atoms with Gasteiger partial charge in [-0.2, -0.15) is 0 Å². The van der Waals surface area contributed by atoms with Crippen molar-refractivity contribution in [2.75, 3.05) is 26.3 Å². The van der Waals surface area contributed by atoms with E-state index in [9.17, 15) is 14.4 Å². The molecule has 1 aromatic rings. The number of urea groups is 1. The second-order valence-corrected chi connectivity index (χ2v) is 7.54. The van der Waals surface area contributed by atoms with E-state index in [1.54, 1.807) is 12.1 Å². The van der Waals surface area contributed by atoms with Crippen molar-refractivity contribution in [2.45, 2.75) is 45.1 Å². The number of hydrogen-bond donors (Lipinski definition) is 2. The standard InChI is InChI=1S/C21H29N3O5/c1-3-28-16-7-9-17(10-8-16)29-13-12-22-18(25)14-24-19(26)21(23-20(24)27)11-5-4-6-15(21)2/h7-10,15H,3-6,11-14H2,1-2H3,(H,22,25)(H,23,27)/t15-,21-/m1/s1. The molecular weight excluding hydrogens is 374 g/mol. The molecule has 8 heteroatoms. The molecule has 1 heterocycles. The van der Waals surface area contributed by atoms with E-state index in [1.807, 2.05) is 26.0 Å². The number of amides is 4. The molecule has 2 aliphatic rings. The second-order valence-electron chi connectivity index (χ2n) is 7.54. The minimum atomic E-state index is -0.841. The fourth-order valence-electron chi connectivity index (χ4n) is 4.00. The summed E-state index contributed by atoms with van der Waals surface area (Å²) in [6.07, 6.45) is 3.49. The van der Waals surface area contributed by atoms with Crippen LogP contribution in [0.1, 0.15) is 39.5 Å². The van der Waals surface area contributed by atoms with E-state index in [4.69, 9.17) is 9.47 Å². The first-order chi connectivity index (χ1) is 14.0. The van der Waals surface area contributed by atoms with Crippen molar-refractivity contribution in [3.05, 3.63) is 24.3 Å². The highest BCUT2D eigenvalue weighted by Gasteiger charge is 2.55. The molecule has 158 valence electrons. The average Bonchev–Trinajstić information content (AvgIpc) is 2.94. The minimum Gasteiger partial charge on any atom is -0.494 e. The molecule has 1 aliphatic heterocycles. The van der Waals surface area contributed by atoms with Gasteiger partial charge in [-0.1, -0.05) is 19.8 Å². The number of nitrogens with one attached hydrogen (secondary N) is 2. The molecule has 1 aliphatic carbocycles. The van der Waals surface area contributed by atoms with E-state index in [0.29, 0.717) is 18.8 Å². The summed E-state index contributed by atoms with van der Waals surface area (Å²) in [5, 5.41) is 5.54. The fraction of sp³-hybridized carbons (Fsp3) is 0.571. The Bertz CT molecular complexity index is 751. The number of benzene rings is 1. The van der Waals surface area contributed by atoms with Crippen LogP contribution in [0.4, 0.5) is 4.79 Å². The number of carbonyl (C=O) groups excluding carboxylic acids is 3. The van der Waals surface area contributed by atoms with Crippen LogP contribution in [0.3, 0.4) is 0 Å². The smallest absolute Gasteiger partial charge is 0.325 e. The molecule has 0 radical (unpaired) electrons. The van der Waals surface area contributed by atoms with Gasteiger partial charge in [0.2, 0.25) is 5.91 Å². The van der Waals surface area contributed by atoms with E-state index in [0.717, 1.165) is 29.9 Å². The van der Waals surface area contributed by atoms with Crippen LogP contribution in [0.25, 0.3) is 0 Å². The van der Waals surface area contributed by atoms with Crippen molar-refractivity contribution in [3.63, 3.8) is 0 Å². The third-order valence-corrected chi connectivity index (χ3v) is 5.63. The zero-order chi connectivity index (χ0) is 20.9. The third-order valence-electron chi connectivity index (χ3n) is 5.63. The number of carbonyl (C=O) groups is 3. The summed E-state index contributed by atoms with van der Waals surface area (Å²) >= 11 is 0. The van der Waals surface area contributed by atoms with Crippen molar-refractivity contribution in [2.24, 2.45) is 5.92 Å². The maximum atomic E-state index is 12.9. The maximum absolute atomic E-state index is 12.9. The normalized spacial score (nSPS) is 23.8. The SMILES string of the molecule is CCOc1ccc(OCCNC(=O)CN2C(=O)N[C@@]3(CCCC[C@H]3C)C2=O)cc1. The largest absolute Gasteiger partial charge is 0.494 e. The molecule has 0 unspecified atom stereocenters. The molecule has 2 fully saturated rings. The van der Waals surface area contributed by atoms with E-state index < -0.39 is 11.6 Å². The number of nitrogens with zero attached hydrogens (tertiary/aromatic N) is 1. The minimum absolute atomic E-state index is 0.0725. The lowest BCUT2D eigenvalue weighted by molar-refractivity contribution is -0.137. The molecule has 1 saturated carbocycles. The van der Waals surface area contributed by atoms with Gasteiger partial charge in [0.15, 0.2) is 0 Å². The summed E-state index contributed by atoms with van der Waals surface area (Å²) in [4.78, 5) is 38.4. The van der Waals surface area contributed by atoms with Gasteiger partial charge in [-0.05, 0) is 49.9 Å². The molecular formula is C21H29N3O5. The number of rotatable bonds is 8. The van der Waals surface area contributed by atoms with Gasteiger partial charge in [0.05, 0.1) is 13.2 Å². The van der Waals surface area contributed by atoms with Crippen LogP contribution in [0.5, 0.6) is 11.5 Å². The van der Waals surface area contributed by atoms with Crippen molar-refractivity contribution < 1.29 is 23.9 Å². The summed E-state index contributed by atoms with van der Waals surface area (Å²) in [6, 6.07) is 6.74. The van der Waals surface area contributed by atoms with Crippen LogP contribution >= 0.6 is 0 Å². The van der Waals surface area contributed by atoms with Gasteiger partial charge in [0.1, 0.15) is 30.2 Å². The van der Waals surface area contributed by atoms with E-state index in [-0.39, 0.29) is 37.4 Å². The molecule has 1 saturated heterocycles. The summed E-state index contributed by atoms with van der Waals surface area (Å²) in [5.74, 6) is 0.847. The van der Waals surface area contributed by atoms with Gasteiger partial charge in [0, 0.05) is 0 Å². The molecule has 0 bridgehead atoms. The Morgan fingerprint density at radius 2 is 1.90 bits per heavy atom. The number of imide groups is 1. The Labute approximate surface area is 170 Å². The maximum Gasteiger partial charge on any atom is 0.325 e. The lowest BCUT2D eigenvalue weighted by Gasteiger charge is -2.36. The van der Waals surface area contributed by atoms with Crippen molar-refractivity contribution >= 4 is 17.8 Å². The topological polar surface area (TPSA) is 97.0 Å². The van der Waals surface area contributed by atoms with Crippen molar-refractivity contribution in [3.8, 4) is 11.5 Å². The van der Waals surface area contributed by atoms with Gasteiger partial charge >= 0.3 is 6.03 Å². The highest BCUT2D eigenvalue weighted by molar-refractivity contribution is 6.09. The zero-order valence-electron chi connectivity index (χ0n) is 17.0. The van der Waals surface area contributed by atoms with Crippen molar-refractivity contribution in [1.82, 2.24) is 15.5 Å². The Hall–Kier alpha value is -2.77. The summed E-state index contributed by atoms with van der Waals surface area (Å²) in [6.45, 7) is 4.78. The monoisotopic (exact) mass is 403 g/mol. The van der Waals surface area contributed by atoms with E-state index >= 15 is 0 Å². The Morgan fingerprint density at radius 1 is 1.21 bits per heavy atom. The zero-order valence-corrected chi connectivity index (χ0v) is 17.0. The van der Waals surface area contributed by atoms with Crippen LogP contribution in [-0.4, -0.2) is 54.6 Å². The predicted molar refractivity (Wildman–Crippen MR) is 107 cm³/mol. The van der Waals surface area contributed by atoms with Crippen LogP contribution < -0.4 is 20.1 Å². The molecule has 1 spiro atoms. The Morgan fingerprint density at radius 3 is 2.55 bits per heavy atom. The highest BCUT2D eigenvalue weighted by atomic mass is 16.5. The molecule has 8 nitrogen and oxygen atoms in total. The van der Waals surface area contributed by atoms with Gasteiger partial charge in [-0.25, -0.2) is 4.79 Å². The second kappa shape index (κ2) is 9.15. The third kappa shape index (κ3) is 4.63. The van der Waals surface area contributed by atoms with E-state index in [2.05, 4.69) is 10.6 Å². The molecule has 0 aromatic heterocycles. The molecule has 1 aromatic carbocycles. The highest BCUT2D eigenvalue weighted by Crippen LogP contribution is 2.38.